The summed E-state index contributed by atoms with van der Waals surface area (Å²) in [7, 11) is 0. The number of pyridine rings is 1. The predicted molar refractivity (Wildman–Crippen MR) is 67.2 cm³/mol. The quantitative estimate of drug-likeness (QED) is 0.745. The molecular formula is C12H16F3N3O2. The van der Waals surface area contributed by atoms with Gasteiger partial charge < -0.3 is 16.2 Å². The van der Waals surface area contributed by atoms with Crippen LogP contribution in [0.25, 0.3) is 0 Å². The van der Waals surface area contributed by atoms with Crippen LogP contribution in [0.3, 0.4) is 0 Å². The molecule has 0 fully saturated rings. The fourth-order valence-corrected chi connectivity index (χ4v) is 1.65. The number of alkyl halides is 3. The smallest absolute Gasteiger partial charge is 0.396 e. The van der Waals surface area contributed by atoms with E-state index in [1.54, 1.807) is 6.92 Å². The van der Waals surface area contributed by atoms with Crippen molar-refractivity contribution in [1.29, 1.82) is 0 Å². The van der Waals surface area contributed by atoms with Gasteiger partial charge in [-0.25, -0.2) is 4.98 Å². The van der Waals surface area contributed by atoms with Crippen molar-refractivity contribution in [3.8, 4) is 0 Å². The third-order valence-corrected chi connectivity index (χ3v) is 2.76. The van der Waals surface area contributed by atoms with Crippen LogP contribution in [0.1, 0.15) is 35.8 Å². The number of primary amides is 1. The van der Waals surface area contributed by atoms with E-state index in [0.29, 0.717) is 18.9 Å². The number of carbonyl (C=O) groups excluding carboxylic acids is 1. The highest BCUT2D eigenvalue weighted by molar-refractivity contribution is 5.97. The lowest BCUT2D eigenvalue weighted by atomic mass is 10.1. The van der Waals surface area contributed by atoms with Gasteiger partial charge in [0.05, 0.1) is 5.56 Å². The molecule has 1 aromatic heterocycles. The third-order valence-electron chi connectivity index (χ3n) is 2.76. The second-order valence-corrected chi connectivity index (χ2v) is 4.22. The summed E-state index contributed by atoms with van der Waals surface area (Å²) in [6, 6.07) is 1.40. The van der Waals surface area contributed by atoms with Crippen molar-refractivity contribution in [2.45, 2.75) is 32.0 Å². The lowest BCUT2D eigenvalue weighted by Crippen LogP contribution is -2.25. The number of nitrogens with two attached hydrogens (primary N) is 1. The topological polar surface area (TPSA) is 88.2 Å². The minimum Gasteiger partial charge on any atom is -0.396 e. The van der Waals surface area contributed by atoms with Gasteiger partial charge in [-0.3, -0.25) is 4.79 Å². The monoisotopic (exact) mass is 291 g/mol. The van der Waals surface area contributed by atoms with E-state index in [1.165, 1.54) is 0 Å². The predicted octanol–water partition coefficient (Wildman–Crippen LogP) is 1.77. The summed E-state index contributed by atoms with van der Waals surface area (Å²) in [6.45, 7) is 1.67. The summed E-state index contributed by atoms with van der Waals surface area (Å²) in [5.41, 5.74) is 3.89. The van der Waals surface area contributed by atoms with Crippen LogP contribution in [-0.2, 0) is 6.18 Å². The molecule has 1 atom stereocenters. The summed E-state index contributed by atoms with van der Waals surface area (Å²) in [5, 5.41) is 11.6. The molecule has 20 heavy (non-hydrogen) atoms. The molecule has 0 saturated heterocycles. The number of nitrogens with zero attached hydrogens (tertiary/aromatic N) is 1. The first kappa shape index (κ1) is 16.2. The Labute approximate surface area is 114 Å². The molecule has 1 rings (SSSR count). The summed E-state index contributed by atoms with van der Waals surface area (Å²) in [5.74, 6) is -1.08. The van der Waals surface area contributed by atoms with Crippen LogP contribution in [-0.4, -0.2) is 28.6 Å². The molecule has 4 N–H and O–H groups in total. The number of anilines is 1. The Bertz CT molecular complexity index is 478. The molecule has 1 aromatic rings. The normalized spacial score (nSPS) is 13.1. The number of aromatic nitrogens is 1. The number of amides is 1. The van der Waals surface area contributed by atoms with Crippen molar-refractivity contribution in [2.24, 2.45) is 5.73 Å². The van der Waals surface area contributed by atoms with Gasteiger partial charge in [-0.1, -0.05) is 6.92 Å². The Morgan fingerprint density at radius 1 is 1.50 bits per heavy atom. The third kappa shape index (κ3) is 4.09. The number of hydrogen-bond acceptors (Lipinski definition) is 4. The second kappa shape index (κ2) is 6.56. The van der Waals surface area contributed by atoms with Crippen LogP contribution in [0.5, 0.6) is 0 Å². The van der Waals surface area contributed by atoms with E-state index >= 15 is 0 Å². The molecule has 0 radical (unpaired) electrons. The second-order valence-electron chi connectivity index (χ2n) is 4.22. The number of hydrogen-bond donors (Lipinski definition) is 3. The Balaban J connectivity index is 3.15. The Kier molecular flexibility index (Phi) is 5.32. The number of nitrogens with one attached hydrogen (secondary N) is 1. The van der Waals surface area contributed by atoms with Gasteiger partial charge in [0.2, 0.25) is 0 Å². The Morgan fingerprint density at radius 3 is 2.60 bits per heavy atom. The summed E-state index contributed by atoms with van der Waals surface area (Å²) in [6.07, 6.45) is -3.73. The zero-order valence-electron chi connectivity index (χ0n) is 10.9. The van der Waals surface area contributed by atoms with Crippen molar-refractivity contribution >= 4 is 11.7 Å². The molecule has 1 unspecified atom stereocenters. The first-order valence-corrected chi connectivity index (χ1v) is 6.05. The molecule has 0 spiro atoms. The maximum absolute atomic E-state index is 12.6. The van der Waals surface area contributed by atoms with E-state index in [2.05, 4.69) is 10.3 Å². The highest BCUT2D eigenvalue weighted by Crippen LogP contribution is 2.29. The molecule has 112 valence electrons. The molecule has 0 aliphatic rings. The molecule has 0 aliphatic heterocycles. The number of aliphatic hydroxyl groups is 1. The lowest BCUT2D eigenvalue weighted by Gasteiger charge is -2.19. The van der Waals surface area contributed by atoms with E-state index < -0.39 is 17.8 Å². The maximum atomic E-state index is 12.6. The van der Waals surface area contributed by atoms with Crippen LogP contribution >= 0.6 is 0 Å². The van der Waals surface area contributed by atoms with Gasteiger partial charge in [0.15, 0.2) is 0 Å². The minimum absolute atomic E-state index is 0.116. The highest BCUT2D eigenvalue weighted by Gasteiger charge is 2.33. The van der Waals surface area contributed by atoms with Crippen LogP contribution < -0.4 is 11.1 Å². The Morgan fingerprint density at radius 2 is 2.15 bits per heavy atom. The average molecular weight is 291 g/mol. The molecule has 0 saturated carbocycles. The zero-order valence-corrected chi connectivity index (χ0v) is 10.9. The zero-order chi connectivity index (χ0) is 15.3. The van der Waals surface area contributed by atoms with Crippen LogP contribution in [0.4, 0.5) is 19.0 Å². The summed E-state index contributed by atoms with van der Waals surface area (Å²) >= 11 is 0. The largest absolute Gasteiger partial charge is 0.433 e. The molecule has 1 amide bonds. The standard InChI is InChI=1S/C12H16F3N3O2/c1-2-7(5-6-19)17-11-8(10(16)20)3-4-9(18-11)12(13,14)15/h3-4,7,19H,2,5-6H2,1H3,(H2,16,20)(H,17,18). The highest BCUT2D eigenvalue weighted by atomic mass is 19.4. The number of aliphatic hydroxyl groups excluding tert-OH is 1. The number of carbonyl (C=O) groups is 1. The first-order chi connectivity index (χ1) is 9.29. The van der Waals surface area contributed by atoms with E-state index in [0.717, 1.165) is 6.07 Å². The van der Waals surface area contributed by atoms with Gasteiger partial charge in [-0.05, 0) is 25.0 Å². The molecule has 8 heteroatoms. The molecule has 0 aromatic carbocycles. The molecular weight excluding hydrogens is 275 g/mol. The summed E-state index contributed by atoms with van der Waals surface area (Å²) < 4.78 is 37.9. The number of halogens is 3. The van der Waals surface area contributed by atoms with Crippen molar-refractivity contribution in [2.75, 3.05) is 11.9 Å². The lowest BCUT2D eigenvalue weighted by molar-refractivity contribution is -0.141. The van der Waals surface area contributed by atoms with Gasteiger partial charge in [-0.15, -0.1) is 0 Å². The van der Waals surface area contributed by atoms with E-state index in [4.69, 9.17) is 10.8 Å². The molecule has 0 aliphatic carbocycles. The van der Waals surface area contributed by atoms with E-state index in [-0.39, 0.29) is 24.0 Å². The Hall–Kier alpha value is -1.83. The van der Waals surface area contributed by atoms with Crippen molar-refractivity contribution in [3.63, 3.8) is 0 Å². The first-order valence-electron chi connectivity index (χ1n) is 6.05. The molecule has 1 heterocycles. The van der Waals surface area contributed by atoms with Gasteiger partial charge >= 0.3 is 6.18 Å². The van der Waals surface area contributed by atoms with Crippen molar-refractivity contribution in [3.05, 3.63) is 23.4 Å². The minimum atomic E-state index is -4.61. The van der Waals surface area contributed by atoms with Crippen molar-refractivity contribution < 1.29 is 23.1 Å². The fourth-order valence-electron chi connectivity index (χ4n) is 1.65. The molecule has 0 bridgehead atoms. The van der Waals surface area contributed by atoms with Gasteiger partial charge in [0.1, 0.15) is 11.5 Å². The molecule has 5 nitrogen and oxygen atoms in total. The van der Waals surface area contributed by atoms with Gasteiger partial charge in [-0.2, -0.15) is 13.2 Å². The van der Waals surface area contributed by atoms with Crippen LogP contribution in [0.2, 0.25) is 0 Å². The maximum Gasteiger partial charge on any atom is 0.433 e. The van der Waals surface area contributed by atoms with Crippen LogP contribution in [0, 0.1) is 0 Å². The van der Waals surface area contributed by atoms with Gasteiger partial charge in [0, 0.05) is 12.6 Å². The number of rotatable bonds is 6. The fraction of sp³-hybridized carbons (Fsp3) is 0.500. The van der Waals surface area contributed by atoms with E-state index in [9.17, 15) is 18.0 Å². The summed E-state index contributed by atoms with van der Waals surface area (Å²) in [4.78, 5) is 14.6. The van der Waals surface area contributed by atoms with Crippen LogP contribution in [0.15, 0.2) is 12.1 Å². The average Bonchev–Trinajstić information content (AvgIpc) is 2.36. The van der Waals surface area contributed by atoms with E-state index in [1.807, 2.05) is 0 Å². The SMILES string of the molecule is CCC(CCO)Nc1nc(C(F)(F)F)ccc1C(N)=O. The van der Waals surface area contributed by atoms with Gasteiger partial charge in [0.25, 0.3) is 5.91 Å². The van der Waals surface area contributed by atoms with Crippen molar-refractivity contribution in [1.82, 2.24) is 4.98 Å².